The first kappa shape index (κ1) is 21.8. The lowest BCUT2D eigenvalue weighted by molar-refractivity contribution is -0.129. The molecule has 1 aromatic rings. The molecule has 1 saturated heterocycles. The molecule has 0 spiro atoms. The van der Waals surface area contributed by atoms with Gasteiger partial charge < -0.3 is 10.2 Å². The molecular formula is C24H37N3O2. The van der Waals surface area contributed by atoms with Gasteiger partial charge in [0.15, 0.2) is 0 Å². The van der Waals surface area contributed by atoms with Crippen LogP contribution in [0.5, 0.6) is 0 Å². The standard InChI is InChI=1S/C24H37N3O2/c1-4-18(2)17-25-23(28)22(20-9-5-6-10-20)26-12-14-27(15-13-26)24(29)21-11-7-8-19(3)16-21/h7-8,11,16,18,20,22H,4-6,9-10,12-15,17H2,1-3H3,(H,25,28). The summed E-state index contributed by atoms with van der Waals surface area (Å²) in [4.78, 5) is 30.2. The smallest absolute Gasteiger partial charge is 0.253 e. The number of hydrogen-bond donors (Lipinski definition) is 1. The number of amides is 2. The van der Waals surface area contributed by atoms with Crippen molar-refractivity contribution in [3.8, 4) is 0 Å². The monoisotopic (exact) mass is 399 g/mol. The fraction of sp³-hybridized carbons (Fsp3) is 0.667. The predicted molar refractivity (Wildman–Crippen MR) is 117 cm³/mol. The molecule has 2 atom stereocenters. The molecular weight excluding hydrogens is 362 g/mol. The first-order valence-corrected chi connectivity index (χ1v) is 11.4. The quantitative estimate of drug-likeness (QED) is 0.764. The molecule has 1 saturated carbocycles. The lowest BCUT2D eigenvalue weighted by Gasteiger charge is -2.41. The van der Waals surface area contributed by atoms with Gasteiger partial charge in [0, 0.05) is 38.3 Å². The summed E-state index contributed by atoms with van der Waals surface area (Å²) in [5.74, 6) is 1.25. The minimum absolute atomic E-state index is 0.0437. The van der Waals surface area contributed by atoms with E-state index in [4.69, 9.17) is 0 Å². The largest absolute Gasteiger partial charge is 0.354 e. The second-order valence-electron chi connectivity index (χ2n) is 8.95. The Morgan fingerprint density at radius 3 is 2.45 bits per heavy atom. The highest BCUT2D eigenvalue weighted by molar-refractivity contribution is 5.94. The van der Waals surface area contributed by atoms with E-state index in [9.17, 15) is 9.59 Å². The Balaban J connectivity index is 1.61. The Labute approximate surface area is 175 Å². The molecule has 3 rings (SSSR count). The van der Waals surface area contributed by atoms with E-state index in [1.165, 1.54) is 12.8 Å². The third-order valence-electron chi connectivity index (χ3n) is 6.70. The number of benzene rings is 1. The van der Waals surface area contributed by atoms with Crippen molar-refractivity contribution in [3.63, 3.8) is 0 Å². The number of nitrogens with one attached hydrogen (secondary N) is 1. The highest BCUT2D eigenvalue weighted by Gasteiger charge is 2.37. The van der Waals surface area contributed by atoms with Gasteiger partial charge in [-0.25, -0.2) is 0 Å². The molecule has 0 bridgehead atoms. The summed E-state index contributed by atoms with van der Waals surface area (Å²) in [6.07, 6.45) is 5.82. The first-order valence-electron chi connectivity index (χ1n) is 11.4. The molecule has 2 amide bonds. The second-order valence-corrected chi connectivity index (χ2v) is 8.95. The number of piperazine rings is 1. The number of nitrogens with zero attached hydrogens (tertiary/aromatic N) is 2. The third kappa shape index (κ3) is 5.59. The number of aryl methyl sites for hydroxylation is 1. The zero-order valence-electron chi connectivity index (χ0n) is 18.3. The highest BCUT2D eigenvalue weighted by Crippen LogP contribution is 2.31. The van der Waals surface area contributed by atoms with Crippen molar-refractivity contribution >= 4 is 11.8 Å². The lowest BCUT2D eigenvalue weighted by atomic mass is 9.94. The summed E-state index contributed by atoms with van der Waals surface area (Å²) >= 11 is 0. The molecule has 2 aliphatic rings. The maximum absolute atomic E-state index is 13.1. The molecule has 1 heterocycles. The maximum Gasteiger partial charge on any atom is 0.253 e. The van der Waals surface area contributed by atoms with Crippen molar-refractivity contribution in [2.24, 2.45) is 11.8 Å². The first-order chi connectivity index (χ1) is 14.0. The van der Waals surface area contributed by atoms with E-state index < -0.39 is 0 Å². The van der Waals surface area contributed by atoms with Gasteiger partial charge in [0.2, 0.25) is 5.91 Å². The molecule has 0 radical (unpaired) electrons. The van der Waals surface area contributed by atoms with Crippen molar-refractivity contribution in [3.05, 3.63) is 35.4 Å². The number of rotatable bonds is 7. The third-order valence-corrected chi connectivity index (χ3v) is 6.70. The number of hydrogen-bond acceptors (Lipinski definition) is 3. The summed E-state index contributed by atoms with van der Waals surface area (Å²) in [7, 11) is 0. The van der Waals surface area contributed by atoms with Crippen LogP contribution in [0.25, 0.3) is 0 Å². The Bertz CT molecular complexity index is 691. The fourth-order valence-corrected chi connectivity index (χ4v) is 4.64. The summed E-state index contributed by atoms with van der Waals surface area (Å²) < 4.78 is 0. The molecule has 2 fully saturated rings. The average Bonchev–Trinajstić information content (AvgIpc) is 3.26. The van der Waals surface area contributed by atoms with Crippen LogP contribution in [0.1, 0.15) is 61.9 Å². The second kappa shape index (κ2) is 10.2. The van der Waals surface area contributed by atoms with Gasteiger partial charge in [0.05, 0.1) is 6.04 Å². The van der Waals surface area contributed by atoms with Crippen LogP contribution in [-0.4, -0.2) is 60.4 Å². The van der Waals surface area contributed by atoms with E-state index in [2.05, 4.69) is 24.1 Å². The Hall–Kier alpha value is -1.88. The Morgan fingerprint density at radius 2 is 1.83 bits per heavy atom. The zero-order valence-corrected chi connectivity index (χ0v) is 18.3. The predicted octanol–water partition coefficient (Wildman–Crippen LogP) is 3.47. The molecule has 160 valence electrons. The van der Waals surface area contributed by atoms with Crippen LogP contribution in [0.2, 0.25) is 0 Å². The van der Waals surface area contributed by atoms with E-state index >= 15 is 0 Å². The van der Waals surface area contributed by atoms with Gasteiger partial charge in [-0.3, -0.25) is 14.5 Å². The summed E-state index contributed by atoms with van der Waals surface area (Å²) in [6, 6.07) is 7.76. The topological polar surface area (TPSA) is 52.7 Å². The highest BCUT2D eigenvalue weighted by atomic mass is 16.2. The van der Waals surface area contributed by atoms with Gasteiger partial charge in [-0.2, -0.15) is 0 Å². The van der Waals surface area contributed by atoms with Crippen molar-refractivity contribution < 1.29 is 9.59 Å². The molecule has 5 nitrogen and oxygen atoms in total. The molecule has 1 N–H and O–H groups in total. The summed E-state index contributed by atoms with van der Waals surface area (Å²) in [5.41, 5.74) is 1.87. The van der Waals surface area contributed by atoms with Crippen LogP contribution in [0.15, 0.2) is 24.3 Å². The van der Waals surface area contributed by atoms with Gasteiger partial charge >= 0.3 is 0 Å². The fourth-order valence-electron chi connectivity index (χ4n) is 4.64. The molecule has 1 aliphatic carbocycles. The average molecular weight is 400 g/mol. The van der Waals surface area contributed by atoms with Crippen molar-refractivity contribution in [1.82, 2.24) is 15.1 Å². The number of carbonyl (C=O) groups excluding carboxylic acids is 2. The molecule has 5 heteroatoms. The van der Waals surface area contributed by atoms with Gasteiger partial charge in [0.1, 0.15) is 0 Å². The molecule has 1 aliphatic heterocycles. The Morgan fingerprint density at radius 1 is 1.14 bits per heavy atom. The lowest BCUT2D eigenvalue weighted by Crippen LogP contribution is -2.58. The van der Waals surface area contributed by atoms with E-state index in [0.29, 0.717) is 24.9 Å². The van der Waals surface area contributed by atoms with Crippen LogP contribution < -0.4 is 5.32 Å². The molecule has 29 heavy (non-hydrogen) atoms. The Kier molecular flexibility index (Phi) is 7.70. The normalized spacial score (nSPS) is 20.4. The SMILES string of the molecule is CCC(C)CNC(=O)C(C1CCCC1)N1CCN(C(=O)c2cccc(C)c2)CC1. The van der Waals surface area contributed by atoms with Gasteiger partial charge in [-0.15, -0.1) is 0 Å². The van der Waals surface area contributed by atoms with E-state index in [1.54, 1.807) is 0 Å². The summed E-state index contributed by atoms with van der Waals surface area (Å²) in [5, 5.41) is 3.21. The van der Waals surface area contributed by atoms with Gasteiger partial charge in [-0.05, 0) is 43.7 Å². The molecule has 1 aromatic carbocycles. The summed E-state index contributed by atoms with van der Waals surface area (Å²) in [6.45, 7) is 10.0. The zero-order chi connectivity index (χ0) is 20.8. The van der Waals surface area contributed by atoms with Crippen molar-refractivity contribution in [1.29, 1.82) is 0 Å². The van der Waals surface area contributed by atoms with Gasteiger partial charge in [0.25, 0.3) is 5.91 Å². The van der Waals surface area contributed by atoms with E-state index in [1.807, 2.05) is 36.1 Å². The van der Waals surface area contributed by atoms with Crippen molar-refractivity contribution in [2.45, 2.75) is 58.9 Å². The van der Waals surface area contributed by atoms with Crippen LogP contribution >= 0.6 is 0 Å². The van der Waals surface area contributed by atoms with Crippen molar-refractivity contribution in [2.75, 3.05) is 32.7 Å². The number of carbonyl (C=O) groups is 2. The van der Waals surface area contributed by atoms with Crippen LogP contribution in [0.3, 0.4) is 0 Å². The molecule has 2 unspecified atom stereocenters. The van der Waals surface area contributed by atoms with Crippen LogP contribution in [0.4, 0.5) is 0 Å². The maximum atomic E-state index is 13.1. The van der Waals surface area contributed by atoms with Crippen LogP contribution in [-0.2, 0) is 4.79 Å². The minimum Gasteiger partial charge on any atom is -0.354 e. The minimum atomic E-state index is -0.0437. The van der Waals surface area contributed by atoms with E-state index in [0.717, 1.165) is 50.0 Å². The van der Waals surface area contributed by atoms with E-state index in [-0.39, 0.29) is 17.9 Å². The molecule has 0 aromatic heterocycles. The van der Waals surface area contributed by atoms with Gasteiger partial charge in [-0.1, -0.05) is 50.8 Å². The van der Waals surface area contributed by atoms with Crippen LogP contribution in [0, 0.1) is 18.8 Å².